The molecule has 0 aromatic carbocycles. The first kappa shape index (κ1) is 13.0. The molecule has 0 spiro atoms. The van der Waals surface area contributed by atoms with Gasteiger partial charge in [0.1, 0.15) is 6.04 Å². The highest BCUT2D eigenvalue weighted by Gasteiger charge is 2.28. The van der Waals surface area contributed by atoms with Crippen LogP contribution in [0.2, 0.25) is 0 Å². The molecule has 0 aromatic rings. The quantitative estimate of drug-likeness (QED) is 0.715. The van der Waals surface area contributed by atoms with E-state index in [4.69, 9.17) is 0 Å². The number of likely N-dealkylation sites (tertiary alicyclic amines) is 1. The number of amides is 2. The van der Waals surface area contributed by atoms with Crippen molar-refractivity contribution in [3.8, 4) is 0 Å². The molecule has 0 aromatic heterocycles. The maximum atomic E-state index is 12.2. The standard InChI is InChI=1S/C12H22N2O2/c1-3-10(2)11(13-9-15)12(16)14-7-5-4-6-8-14/h9-11H,3-8H2,1-2H3,(H,13,15). The molecule has 2 amide bonds. The molecule has 1 aliphatic rings. The largest absolute Gasteiger partial charge is 0.347 e. The van der Waals surface area contributed by atoms with E-state index >= 15 is 0 Å². The Morgan fingerprint density at radius 1 is 1.38 bits per heavy atom. The molecule has 0 saturated carbocycles. The molecular weight excluding hydrogens is 204 g/mol. The Labute approximate surface area is 97.4 Å². The summed E-state index contributed by atoms with van der Waals surface area (Å²) in [4.78, 5) is 24.6. The van der Waals surface area contributed by atoms with Gasteiger partial charge in [0.05, 0.1) is 0 Å². The van der Waals surface area contributed by atoms with Crippen molar-refractivity contribution >= 4 is 12.3 Å². The molecule has 4 nitrogen and oxygen atoms in total. The van der Waals surface area contributed by atoms with Gasteiger partial charge in [-0.15, -0.1) is 0 Å². The zero-order chi connectivity index (χ0) is 12.0. The minimum Gasteiger partial charge on any atom is -0.347 e. The third kappa shape index (κ3) is 3.22. The Morgan fingerprint density at radius 2 is 2.00 bits per heavy atom. The molecule has 2 atom stereocenters. The van der Waals surface area contributed by atoms with Crippen molar-refractivity contribution in [1.82, 2.24) is 10.2 Å². The van der Waals surface area contributed by atoms with Crippen LogP contribution in [0.15, 0.2) is 0 Å². The first-order valence-electron chi connectivity index (χ1n) is 6.19. The fraction of sp³-hybridized carbons (Fsp3) is 0.833. The van der Waals surface area contributed by atoms with Crippen molar-refractivity contribution in [3.05, 3.63) is 0 Å². The summed E-state index contributed by atoms with van der Waals surface area (Å²) in [7, 11) is 0. The molecule has 1 rings (SSSR count). The normalized spacial score (nSPS) is 20.0. The minimum atomic E-state index is -0.347. The molecule has 16 heavy (non-hydrogen) atoms. The van der Waals surface area contributed by atoms with Gasteiger partial charge in [-0.05, 0) is 25.2 Å². The number of hydrogen-bond donors (Lipinski definition) is 1. The predicted octanol–water partition coefficient (Wildman–Crippen LogP) is 1.16. The molecule has 1 aliphatic heterocycles. The van der Waals surface area contributed by atoms with Crippen molar-refractivity contribution < 1.29 is 9.59 Å². The number of piperidine rings is 1. The smallest absolute Gasteiger partial charge is 0.245 e. The number of hydrogen-bond acceptors (Lipinski definition) is 2. The fourth-order valence-corrected chi connectivity index (χ4v) is 2.10. The van der Waals surface area contributed by atoms with Crippen LogP contribution in [-0.4, -0.2) is 36.3 Å². The molecule has 1 heterocycles. The summed E-state index contributed by atoms with van der Waals surface area (Å²) in [5.74, 6) is 0.278. The fourth-order valence-electron chi connectivity index (χ4n) is 2.10. The molecule has 0 bridgehead atoms. The van der Waals surface area contributed by atoms with E-state index in [2.05, 4.69) is 5.32 Å². The average molecular weight is 226 g/mol. The van der Waals surface area contributed by atoms with Gasteiger partial charge < -0.3 is 10.2 Å². The van der Waals surface area contributed by atoms with Crippen LogP contribution >= 0.6 is 0 Å². The maximum absolute atomic E-state index is 12.2. The summed E-state index contributed by atoms with van der Waals surface area (Å²) in [6.07, 6.45) is 4.91. The van der Waals surface area contributed by atoms with E-state index < -0.39 is 0 Å². The van der Waals surface area contributed by atoms with Gasteiger partial charge in [0.25, 0.3) is 0 Å². The highest BCUT2D eigenvalue weighted by molar-refractivity contribution is 5.84. The SMILES string of the molecule is CCC(C)C(NC=O)C(=O)N1CCCCC1. The molecule has 4 heteroatoms. The van der Waals surface area contributed by atoms with Gasteiger partial charge in [0.2, 0.25) is 12.3 Å². The van der Waals surface area contributed by atoms with Gasteiger partial charge in [-0.3, -0.25) is 9.59 Å². The first-order chi connectivity index (χ1) is 7.70. The Kier molecular flexibility index (Phi) is 5.29. The number of nitrogens with one attached hydrogen (secondary N) is 1. The maximum Gasteiger partial charge on any atom is 0.245 e. The lowest BCUT2D eigenvalue weighted by Gasteiger charge is -2.32. The van der Waals surface area contributed by atoms with Crippen molar-refractivity contribution in [2.75, 3.05) is 13.1 Å². The third-order valence-corrected chi connectivity index (χ3v) is 3.39. The first-order valence-corrected chi connectivity index (χ1v) is 6.19. The molecule has 92 valence electrons. The molecule has 2 unspecified atom stereocenters. The van der Waals surface area contributed by atoms with E-state index in [0.717, 1.165) is 32.4 Å². The van der Waals surface area contributed by atoms with E-state index in [1.807, 2.05) is 18.7 Å². The van der Waals surface area contributed by atoms with Crippen LogP contribution < -0.4 is 5.32 Å². The molecule has 1 fully saturated rings. The summed E-state index contributed by atoms with van der Waals surface area (Å²) in [6.45, 7) is 5.72. The number of nitrogens with zero attached hydrogens (tertiary/aromatic N) is 1. The minimum absolute atomic E-state index is 0.0844. The van der Waals surface area contributed by atoms with Crippen LogP contribution in [0.25, 0.3) is 0 Å². The Balaban J connectivity index is 2.61. The zero-order valence-corrected chi connectivity index (χ0v) is 10.2. The van der Waals surface area contributed by atoms with Gasteiger partial charge in [-0.2, -0.15) is 0 Å². The van der Waals surface area contributed by atoms with Crippen LogP contribution in [-0.2, 0) is 9.59 Å². The Bertz CT molecular complexity index is 237. The van der Waals surface area contributed by atoms with E-state index in [1.165, 1.54) is 6.42 Å². The van der Waals surface area contributed by atoms with E-state index in [1.54, 1.807) is 0 Å². The Morgan fingerprint density at radius 3 is 2.50 bits per heavy atom. The summed E-state index contributed by atoms with van der Waals surface area (Å²) in [6, 6.07) is -0.347. The van der Waals surface area contributed by atoms with E-state index in [0.29, 0.717) is 6.41 Å². The van der Waals surface area contributed by atoms with Crippen LogP contribution in [0.1, 0.15) is 39.5 Å². The lowest BCUT2D eigenvalue weighted by molar-refractivity contribution is -0.137. The molecule has 1 saturated heterocycles. The molecule has 0 radical (unpaired) electrons. The number of rotatable bonds is 5. The lowest BCUT2D eigenvalue weighted by Crippen LogP contribution is -2.50. The number of carbonyl (C=O) groups excluding carboxylic acids is 2. The van der Waals surface area contributed by atoms with Crippen LogP contribution in [0.4, 0.5) is 0 Å². The van der Waals surface area contributed by atoms with Crippen LogP contribution in [0.3, 0.4) is 0 Å². The highest BCUT2D eigenvalue weighted by atomic mass is 16.2. The molecule has 1 N–H and O–H groups in total. The summed E-state index contributed by atoms with van der Waals surface area (Å²) >= 11 is 0. The summed E-state index contributed by atoms with van der Waals surface area (Å²) < 4.78 is 0. The highest BCUT2D eigenvalue weighted by Crippen LogP contribution is 2.15. The predicted molar refractivity (Wildman–Crippen MR) is 62.9 cm³/mol. The summed E-state index contributed by atoms with van der Waals surface area (Å²) in [5, 5.41) is 2.66. The van der Waals surface area contributed by atoms with Crippen molar-refractivity contribution in [2.45, 2.75) is 45.6 Å². The lowest BCUT2D eigenvalue weighted by atomic mass is 9.97. The topological polar surface area (TPSA) is 49.4 Å². The van der Waals surface area contributed by atoms with Crippen molar-refractivity contribution in [1.29, 1.82) is 0 Å². The van der Waals surface area contributed by atoms with Gasteiger partial charge >= 0.3 is 0 Å². The van der Waals surface area contributed by atoms with Crippen LogP contribution in [0, 0.1) is 5.92 Å². The second-order valence-electron chi connectivity index (χ2n) is 4.53. The van der Waals surface area contributed by atoms with Crippen molar-refractivity contribution in [3.63, 3.8) is 0 Å². The third-order valence-electron chi connectivity index (χ3n) is 3.39. The van der Waals surface area contributed by atoms with E-state index in [-0.39, 0.29) is 17.9 Å². The van der Waals surface area contributed by atoms with Gasteiger partial charge in [0.15, 0.2) is 0 Å². The average Bonchev–Trinajstić information content (AvgIpc) is 2.35. The second-order valence-corrected chi connectivity index (χ2v) is 4.53. The molecular formula is C12H22N2O2. The number of carbonyl (C=O) groups is 2. The Hall–Kier alpha value is -1.06. The van der Waals surface area contributed by atoms with Crippen molar-refractivity contribution in [2.24, 2.45) is 5.92 Å². The van der Waals surface area contributed by atoms with Gasteiger partial charge in [0, 0.05) is 13.1 Å². The second kappa shape index (κ2) is 6.51. The van der Waals surface area contributed by atoms with E-state index in [9.17, 15) is 9.59 Å². The van der Waals surface area contributed by atoms with Gasteiger partial charge in [-0.1, -0.05) is 20.3 Å². The molecule has 0 aliphatic carbocycles. The zero-order valence-electron chi connectivity index (χ0n) is 10.2. The van der Waals surface area contributed by atoms with Crippen LogP contribution in [0.5, 0.6) is 0 Å². The summed E-state index contributed by atoms with van der Waals surface area (Å²) in [5.41, 5.74) is 0. The monoisotopic (exact) mass is 226 g/mol. The van der Waals surface area contributed by atoms with Gasteiger partial charge in [-0.25, -0.2) is 0 Å².